The lowest BCUT2D eigenvalue weighted by atomic mass is 9.89. The van der Waals surface area contributed by atoms with Gasteiger partial charge in [-0.25, -0.2) is 0 Å². The molecule has 1 aliphatic heterocycles. The number of hydrogen-bond acceptors (Lipinski definition) is 3. The predicted octanol–water partition coefficient (Wildman–Crippen LogP) is 1.56. The molecule has 1 heterocycles. The van der Waals surface area contributed by atoms with Gasteiger partial charge in [0.25, 0.3) is 0 Å². The number of carbonyl (C=O) groups excluding carboxylic acids is 2. The maximum Gasteiger partial charge on any atom is 0.246 e. The first-order valence-corrected chi connectivity index (χ1v) is 8.10. The molecule has 5 heteroatoms. The highest BCUT2D eigenvalue weighted by molar-refractivity contribution is 5.99. The minimum absolute atomic E-state index is 0.0228. The van der Waals surface area contributed by atoms with Crippen LogP contribution < -0.4 is 5.32 Å². The Bertz CT molecular complexity index is 406. The van der Waals surface area contributed by atoms with E-state index in [1.165, 1.54) is 0 Å². The zero-order chi connectivity index (χ0) is 15.6. The van der Waals surface area contributed by atoms with E-state index in [1.54, 1.807) is 4.90 Å². The van der Waals surface area contributed by atoms with Crippen molar-refractivity contribution >= 4 is 11.8 Å². The molecule has 0 aromatic carbocycles. The molecule has 0 aromatic rings. The highest BCUT2D eigenvalue weighted by Gasteiger charge is 2.51. The van der Waals surface area contributed by atoms with Crippen LogP contribution in [0.25, 0.3) is 0 Å². The van der Waals surface area contributed by atoms with E-state index < -0.39 is 5.54 Å². The van der Waals surface area contributed by atoms with Crippen molar-refractivity contribution in [3.05, 3.63) is 0 Å². The van der Waals surface area contributed by atoms with E-state index >= 15 is 0 Å². The van der Waals surface area contributed by atoms with Gasteiger partial charge in [0.2, 0.25) is 11.8 Å². The van der Waals surface area contributed by atoms with Crippen LogP contribution in [0, 0.1) is 11.8 Å². The van der Waals surface area contributed by atoms with Crippen LogP contribution in [0.2, 0.25) is 0 Å². The number of hydrogen-bond donors (Lipinski definition) is 1. The highest BCUT2D eigenvalue weighted by atomic mass is 16.5. The molecule has 2 aliphatic rings. The van der Waals surface area contributed by atoms with Crippen LogP contribution in [0.1, 0.15) is 47.0 Å². The van der Waals surface area contributed by atoms with Crippen molar-refractivity contribution < 1.29 is 14.3 Å². The van der Waals surface area contributed by atoms with Crippen LogP contribution in [-0.4, -0.2) is 48.1 Å². The number of rotatable bonds is 7. The molecule has 0 aromatic heterocycles. The second-order valence-electron chi connectivity index (χ2n) is 6.87. The molecule has 2 rings (SSSR count). The molecular formula is C16H28N2O3. The van der Waals surface area contributed by atoms with Gasteiger partial charge in [-0.1, -0.05) is 20.8 Å². The molecule has 2 amide bonds. The van der Waals surface area contributed by atoms with Crippen LogP contribution in [0.4, 0.5) is 0 Å². The van der Waals surface area contributed by atoms with Crippen molar-refractivity contribution in [1.82, 2.24) is 10.2 Å². The van der Waals surface area contributed by atoms with Gasteiger partial charge in [0.05, 0.1) is 6.61 Å². The molecule has 0 radical (unpaired) electrons. The molecule has 5 nitrogen and oxygen atoms in total. The maximum atomic E-state index is 12.7. The monoisotopic (exact) mass is 296 g/mol. The Kier molecular flexibility index (Phi) is 4.91. The fraction of sp³-hybridized carbons (Fsp3) is 0.875. The number of ether oxygens (including phenoxy) is 1. The number of carbonyl (C=O) groups is 2. The summed E-state index contributed by atoms with van der Waals surface area (Å²) in [7, 11) is 0. The molecule has 2 atom stereocenters. The molecule has 2 fully saturated rings. The molecule has 120 valence electrons. The Morgan fingerprint density at radius 1 is 1.38 bits per heavy atom. The molecule has 0 bridgehead atoms. The summed E-state index contributed by atoms with van der Waals surface area (Å²) in [6.45, 7) is 9.66. The minimum atomic E-state index is -0.746. The summed E-state index contributed by atoms with van der Waals surface area (Å²) >= 11 is 0. The Labute approximate surface area is 127 Å². The van der Waals surface area contributed by atoms with Gasteiger partial charge in [0.1, 0.15) is 11.6 Å². The normalized spacial score (nSPS) is 30.0. The summed E-state index contributed by atoms with van der Waals surface area (Å²) < 4.78 is 5.60. The number of nitrogens with zero attached hydrogens (tertiary/aromatic N) is 1. The lowest BCUT2D eigenvalue weighted by molar-refractivity contribution is -0.158. The van der Waals surface area contributed by atoms with Crippen LogP contribution >= 0.6 is 0 Å². The first kappa shape index (κ1) is 16.3. The van der Waals surface area contributed by atoms with Gasteiger partial charge < -0.3 is 15.0 Å². The maximum absolute atomic E-state index is 12.7. The van der Waals surface area contributed by atoms with E-state index in [-0.39, 0.29) is 17.9 Å². The Morgan fingerprint density at radius 2 is 2.05 bits per heavy atom. The van der Waals surface area contributed by atoms with Crippen molar-refractivity contribution in [2.24, 2.45) is 11.8 Å². The number of nitrogens with one attached hydrogen (secondary N) is 1. The topological polar surface area (TPSA) is 58.6 Å². The Morgan fingerprint density at radius 3 is 2.57 bits per heavy atom. The van der Waals surface area contributed by atoms with E-state index in [0.29, 0.717) is 38.0 Å². The van der Waals surface area contributed by atoms with Crippen LogP contribution in [0.15, 0.2) is 0 Å². The Hall–Kier alpha value is -1.10. The van der Waals surface area contributed by atoms with E-state index in [4.69, 9.17) is 4.74 Å². The van der Waals surface area contributed by atoms with Crippen molar-refractivity contribution in [2.75, 3.05) is 19.8 Å². The molecule has 0 spiro atoms. The van der Waals surface area contributed by atoms with E-state index in [9.17, 15) is 9.59 Å². The zero-order valence-corrected chi connectivity index (χ0v) is 13.6. The third-order valence-corrected chi connectivity index (χ3v) is 4.60. The number of piperazine rings is 1. The third kappa shape index (κ3) is 3.39. The summed E-state index contributed by atoms with van der Waals surface area (Å²) in [5.74, 6) is 0.851. The standard InChI is InChI=1S/C16H28N2O3/c1-5-16(4)15(20)17-13(12-6-7-12)14(19)18(16)8-9-21-10-11(2)3/h11-13H,5-10H2,1-4H3,(H,17,20). The summed E-state index contributed by atoms with van der Waals surface area (Å²) in [6.07, 6.45) is 2.70. The van der Waals surface area contributed by atoms with Gasteiger partial charge in [0.15, 0.2) is 0 Å². The minimum Gasteiger partial charge on any atom is -0.379 e. The fourth-order valence-corrected chi connectivity index (χ4v) is 2.82. The van der Waals surface area contributed by atoms with Gasteiger partial charge in [-0.3, -0.25) is 9.59 Å². The molecule has 1 aliphatic carbocycles. The quantitative estimate of drug-likeness (QED) is 0.725. The predicted molar refractivity (Wildman–Crippen MR) is 80.7 cm³/mol. The van der Waals surface area contributed by atoms with Gasteiger partial charge in [-0.15, -0.1) is 0 Å². The van der Waals surface area contributed by atoms with Crippen molar-refractivity contribution in [2.45, 2.75) is 58.5 Å². The lowest BCUT2D eigenvalue weighted by Gasteiger charge is -2.46. The largest absolute Gasteiger partial charge is 0.379 e. The van der Waals surface area contributed by atoms with Crippen molar-refractivity contribution in [3.8, 4) is 0 Å². The van der Waals surface area contributed by atoms with Gasteiger partial charge >= 0.3 is 0 Å². The van der Waals surface area contributed by atoms with E-state index in [1.807, 2.05) is 13.8 Å². The van der Waals surface area contributed by atoms with Gasteiger partial charge in [-0.2, -0.15) is 0 Å². The lowest BCUT2D eigenvalue weighted by Crippen LogP contribution is -2.70. The SMILES string of the molecule is CCC1(C)C(=O)NC(C2CC2)C(=O)N1CCOCC(C)C. The van der Waals surface area contributed by atoms with E-state index in [0.717, 1.165) is 12.8 Å². The van der Waals surface area contributed by atoms with Crippen LogP contribution in [0.3, 0.4) is 0 Å². The third-order valence-electron chi connectivity index (χ3n) is 4.60. The summed E-state index contributed by atoms with van der Waals surface area (Å²) in [5.41, 5.74) is -0.746. The van der Waals surface area contributed by atoms with Crippen molar-refractivity contribution in [3.63, 3.8) is 0 Å². The van der Waals surface area contributed by atoms with Crippen molar-refractivity contribution in [1.29, 1.82) is 0 Å². The summed E-state index contributed by atoms with van der Waals surface area (Å²) in [4.78, 5) is 26.9. The smallest absolute Gasteiger partial charge is 0.246 e. The second kappa shape index (κ2) is 6.34. The molecule has 21 heavy (non-hydrogen) atoms. The van der Waals surface area contributed by atoms with Gasteiger partial charge in [-0.05, 0) is 38.0 Å². The fourth-order valence-electron chi connectivity index (χ4n) is 2.82. The average molecular weight is 296 g/mol. The second-order valence-corrected chi connectivity index (χ2v) is 6.87. The molecule has 2 unspecified atom stereocenters. The average Bonchev–Trinajstić information content (AvgIpc) is 3.26. The molecule has 1 N–H and O–H groups in total. The zero-order valence-electron chi connectivity index (χ0n) is 13.6. The van der Waals surface area contributed by atoms with Gasteiger partial charge in [0, 0.05) is 13.2 Å². The molecular weight excluding hydrogens is 268 g/mol. The first-order valence-electron chi connectivity index (χ1n) is 8.10. The first-order chi connectivity index (χ1) is 9.90. The summed E-state index contributed by atoms with van der Waals surface area (Å²) in [5, 5.41) is 2.94. The Balaban J connectivity index is 2.03. The van der Waals surface area contributed by atoms with E-state index in [2.05, 4.69) is 19.2 Å². The molecule has 1 saturated heterocycles. The van der Waals surface area contributed by atoms with Crippen LogP contribution in [0.5, 0.6) is 0 Å². The molecule has 1 saturated carbocycles. The number of amides is 2. The summed E-state index contributed by atoms with van der Waals surface area (Å²) in [6, 6.07) is -0.317. The van der Waals surface area contributed by atoms with Crippen LogP contribution in [-0.2, 0) is 14.3 Å². The highest BCUT2D eigenvalue weighted by Crippen LogP contribution is 2.37.